The Bertz CT molecular complexity index is 683. The van der Waals surface area contributed by atoms with Gasteiger partial charge in [0.1, 0.15) is 6.04 Å². The third kappa shape index (κ3) is 3.79. The monoisotopic (exact) mass is 352 g/mol. The highest BCUT2D eigenvalue weighted by Crippen LogP contribution is 2.27. The van der Waals surface area contributed by atoms with Gasteiger partial charge in [0.2, 0.25) is 15.9 Å². The van der Waals surface area contributed by atoms with Gasteiger partial charge in [-0.25, -0.2) is 8.42 Å². The minimum absolute atomic E-state index is 0.0517. The molecule has 2 aliphatic heterocycles. The fraction of sp³-hybridized carbons (Fsp3) is 0.438. The number of carbonyl (C=O) groups is 1. The molecule has 0 radical (unpaired) electrons. The highest BCUT2D eigenvalue weighted by atomic mass is 32.2. The molecule has 1 unspecified atom stereocenters. The van der Waals surface area contributed by atoms with Crippen LogP contribution in [0, 0.1) is 0 Å². The SMILES string of the molecule is O=C(C1CSCN1S(=O)(=O)C=Cc1ccccc1)N1CCCC1. The van der Waals surface area contributed by atoms with E-state index in [0.717, 1.165) is 31.5 Å². The van der Waals surface area contributed by atoms with Gasteiger partial charge in [0.05, 0.1) is 5.88 Å². The van der Waals surface area contributed by atoms with Crippen molar-refractivity contribution in [3.63, 3.8) is 0 Å². The van der Waals surface area contributed by atoms with Gasteiger partial charge in [-0.3, -0.25) is 4.79 Å². The summed E-state index contributed by atoms with van der Waals surface area (Å²) in [5, 5.41) is 1.21. The largest absolute Gasteiger partial charge is 0.341 e. The second kappa shape index (κ2) is 7.07. The fourth-order valence-corrected chi connectivity index (χ4v) is 5.75. The van der Waals surface area contributed by atoms with Crippen LogP contribution >= 0.6 is 11.8 Å². The van der Waals surface area contributed by atoms with Crippen molar-refractivity contribution < 1.29 is 13.2 Å². The van der Waals surface area contributed by atoms with Crippen LogP contribution < -0.4 is 0 Å². The van der Waals surface area contributed by atoms with Gasteiger partial charge in [-0.05, 0) is 24.5 Å². The number of carbonyl (C=O) groups excluding carboxylic acids is 1. The zero-order chi connectivity index (χ0) is 16.3. The van der Waals surface area contributed by atoms with Crippen molar-refractivity contribution in [3.05, 3.63) is 41.3 Å². The number of thioether (sulfide) groups is 1. The zero-order valence-electron chi connectivity index (χ0n) is 12.8. The van der Waals surface area contributed by atoms with Gasteiger partial charge in [0, 0.05) is 24.3 Å². The quantitative estimate of drug-likeness (QED) is 0.831. The molecule has 1 aromatic rings. The molecule has 3 rings (SSSR count). The lowest BCUT2D eigenvalue weighted by Gasteiger charge is -2.25. The molecular weight excluding hydrogens is 332 g/mol. The lowest BCUT2D eigenvalue weighted by atomic mass is 10.2. The predicted octanol–water partition coefficient (Wildman–Crippen LogP) is 1.98. The van der Waals surface area contributed by atoms with Gasteiger partial charge in [-0.15, -0.1) is 11.8 Å². The van der Waals surface area contributed by atoms with E-state index in [1.54, 1.807) is 11.0 Å². The summed E-state index contributed by atoms with van der Waals surface area (Å²) >= 11 is 1.49. The maximum absolute atomic E-state index is 12.6. The van der Waals surface area contributed by atoms with Crippen molar-refractivity contribution >= 4 is 33.8 Å². The zero-order valence-corrected chi connectivity index (χ0v) is 14.4. The number of sulfonamides is 1. The van der Waals surface area contributed by atoms with E-state index in [9.17, 15) is 13.2 Å². The molecule has 0 aromatic heterocycles. The fourth-order valence-electron chi connectivity index (χ4n) is 2.83. The first-order chi connectivity index (χ1) is 11.1. The first kappa shape index (κ1) is 16.5. The summed E-state index contributed by atoms with van der Waals surface area (Å²) in [5.41, 5.74) is 0.824. The molecule has 0 aliphatic carbocycles. The second-order valence-electron chi connectivity index (χ2n) is 5.69. The van der Waals surface area contributed by atoms with E-state index in [1.807, 2.05) is 30.3 Å². The van der Waals surface area contributed by atoms with E-state index in [1.165, 1.54) is 21.5 Å². The number of rotatable bonds is 4. The van der Waals surface area contributed by atoms with E-state index in [4.69, 9.17) is 0 Å². The molecule has 0 spiro atoms. The summed E-state index contributed by atoms with van der Waals surface area (Å²) in [6.07, 6.45) is 3.59. The Balaban J connectivity index is 1.75. The summed E-state index contributed by atoms with van der Waals surface area (Å²) in [5.74, 6) is 0.823. The molecule has 2 fully saturated rings. The number of amides is 1. The Kier molecular flexibility index (Phi) is 5.08. The number of likely N-dealkylation sites (tertiary alicyclic amines) is 1. The first-order valence-corrected chi connectivity index (χ1v) is 10.4. The molecular formula is C16H20N2O3S2. The third-order valence-corrected chi connectivity index (χ3v) is 6.80. The van der Waals surface area contributed by atoms with Crippen LogP contribution in [0.2, 0.25) is 0 Å². The van der Waals surface area contributed by atoms with Crippen molar-refractivity contribution in [2.24, 2.45) is 0 Å². The molecule has 124 valence electrons. The Morgan fingerprint density at radius 2 is 1.87 bits per heavy atom. The van der Waals surface area contributed by atoms with Crippen LogP contribution in [0.5, 0.6) is 0 Å². The topological polar surface area (TPSA) is 57.7 Å². The summed E-state index contributed by atoms with van der Waals surface area (Å²) < 4.78 is 26.5. The van der Waals surface area contributed by atoms with Crippen molar-refractivity contribution in [2.75, 3.05) is 24.7 Å². The van der Waals surface area contributed by atoms with Crippen LogP contribution in [-0.4, -0.2) is 54.3 Å². The number of hydrogen-bond donors (Lipinski definition) is 0. The smallest absolute Gasteiger partial charge is 0.241 e. The number of hydrogen-bond acceptors (Lipinski definition) is 4. The Hall–Kier alpha value is -1.31. The molecule has 23 heavy (non-hydrogen) atoms. The number of benzene rings is 1. The predicted molar refractivity (Wildman–Crippen MR) is 93.2 cm³/mol. The lowest BCUT2D eigenvalue weighted by Crippen LogP contribution is -2.47. The van der Waals surface area contributed by atoms with E-state index < -0.39 is 16.1 Å². The molecule has 2 saturated heterocycles. The van der Waals surface area contributed by atoms with E-state index >= 15 is 0 Å². The van der Waals surface area contributed by atoms with Crippen molar-refractivity contribution in [1.29, 1.82) is 0 Å². The van der Waals surface area contributed by atoms with Gasteiger partial charge in [0.25, 0.3) is 0 Å². The molecule has 2 heterocycles. The molecule has 0 saturated carbocycles. The van der Waals surface area contributed by atoms with Crippen LogP contribution in [0.4, 0.5) is 0 Å². The van der Waals surface area contributed by atoms with Gasteiger partial charge in [0.15, 0.2) is 0 Å². The van der Waals surface area contributed by atoms with E-state index in [0.29, 0.717) is 11.6 Å². The number of nitrogens with zero attached hydrogens (tertiary/aromatic N) is 2. The van der Waals surface area contributed by atoms with Crippen LogP contribution in [0.25, 0.3) is 6.08 Å². The highest BCUT2D eigenvalue weighted by molar-refractivity contribution is 8.01. The third-order valence-electron chi connectivity index (χ3n) is 4.10. The Labute approximate surface area is 141 Å². The van der Waals surface area contributed by atoms with Crippen LogP contribution in [0.15, 0.2) is 35.7 Å². The van der Waals surface area contributed by atoms with Gasteiger partial charge in [-0.1, -0.05) is 30.3 Å². The summed E-state index contributed by atoms with van der Waals surface area (Å²) in [6.45, 7) is 1.49. The van der Waals surface area contributed by atoms with E-state index in [-0.39, 0.29) is 5.91 Å². The Morgan fingerprint density at radius 3 is 2.57 bits per heavy atom. The van der Waals surface area contributed by atoms with Gasteiger partial charge in [-0.2, -0.15) is 4.31 Å². The minimum Gasteiger partial charge on any atom is -0.341 e. The van der Waals surface area contributed by atoms with Crippen molar-refractivity contribution in [2.45, 2.75) is 18.9 Å². The summed E-state index contributed by atoms with van der Waals surface area (Å²) in [4.78, 5) is 14.4. The second-order valence-corrected chi connectivity index (χ2v) is 8.46. The molecule has 5 nitrogen and oxygen atoms in total. The molecule has 2 aliphatic rings. The lowest BCUT2D eigenvalue weighted by molar-refractivity contribution is -0.133. The Morgan fingerprint density at radius 1 is 1.17 bits per heavy atom. The molecule has 1 aromatic carbocycles. The average molecular weight is 352 g/mol. The normalized spacial score (nSPS) is 23.0. The van der Waals surface area contributed by atoms with Crippen LogP contribution in [0.3, 0.4) is 0 Å². The molecule has 1 amide bonds. The van der Waals surface area contributed by atoms with Crippen LogP contribution in [0.1, 0.15) is 18.4 Å². The first-order valence-electron chi connectivity index (χ1n) is 7.69. The molecule has 7 heteroatoms. The maximum atomic E-state index is 12.6. The highest BCUT2D eigenvalue weighted by Gasteiger charge is 2.40. The van der Waals surface area contributed by atoms with Crippen molar-refractivity contribution in [1.82, 2.24) is 9.21 Å². The minimum atomic E-state index is -3.60. The molecule has 0 bridgehead atoms. The van der Waals surface area contributed by atoms with Crippen LogP contribution in [-0.2, 0) is 14.8 Å². The standard InChI is InChI=1S/C16H20N2O3S2/c19-16(17-9-4-5-10-17)15-12-22-13-18(15)23(20,21)11-8-14-6-2-1-3-7-14/h1-3,6-8,11,15H,4-5,9-10,12-13H2. The molecule has 0 N–H and O–H groups in total. The van der Waals surface area contributed by atoms with Gasteiger partial charge < -0.3 is 4.90 Å². The summed E-state index contributed by atoms with van der Waals surface area (Å²) in [6, 6.07) is 8.72. The average Bonchev–Trinajstić information content (AvgIpc) is 3.25. The molecule has 1 atom stereocenters. The summed E-state index contributed by atoms with van der Waals surface area (Å²) in [7, 11) is -3.60. The van der Waals surface area contributed by atoms with Crippen molar-refractivity contribution in [3.8, 4) is 0 Å². The van der Waals surface area contributed by atoms with E-state index in [2.05, 4.69) is 0 Å². The maximum Gasteiger partial charge on any atom is 0.241 e. The van der Waals surface area contributed by atoms with Gasteiger partial charge >= 0.3 is 0 Å².